The summed E-state index contributed by atoms with van der Waals surface area (Å²) < 4.78 is 32.6. The van der Waals surface area contributed by atoms with Gasteiger partial charge in [0.25, 0.3) is 5.91 Å². The highest BCUT2D eigenvalue weighted by molar-refractivity contribution is 7.89. The first-order chi connectivity index (χ1) is 14.7. The van der Waals surface area contributed by atoms with Crippen molar-refractivity contribution in [1.82, 2.24) is 9.21 Å². The number of nitrogens with one attached hydrogen (secondary N) is 1. The van der Waals surface area contributed by atoms with Crippen LogP contribution in [0.25, 0.3) is 0 Å². The third-order valence-electron chi connectivity index (χ3n) is 4.66. The summed E-state index contributed by atoms with van der Waals surface area (Å²) in [6.07, 6.45) is 0. The lowest BCUT2D eigenvalue weighted by Gasteiger charge is -2.27. The van der Waals surface area contributed by atoms with Crippen molar-refractivity contribution < 1.29 is 22.7 Å². The summed E-state index contributed by atoms with van der Waals surface area (Å²) in [6, 6.07) is 10.7. The number of rotatable bonds is 6. The van der Waals surface area contributed by atoms with E-state index in [2.05, 4.69) is 5.32 Å². The summed E-state index contributed by atoms with van der Waals surface area (Å²) in [5.74, 6) is -1.13. The number of ether oxygens (including phenoxy) is 1. The van der Waals surface area contributed by atoms with Crippen molar-refractivity contribution in [3.05, 3.63) is 58.1 Å². The minimum atomic E-state index is -3.89. The van der Waals surface area contributed by atoms with Crippen molar-refractivity contribution in [2.45, 2.75) is 4.90 Å². The molecule has 166 valence electrons. The van der Waals surface area contributed by atoms with Crippen LogP contribution in [0.2, 0.25) is 10.0 Å². The van der Waals surface area contributed by atoms with Crippen LogP contribution >= 0.6 is 23.2 Å². The van der Waals surface area contributed by atoms with E-state index in [9.17, 15) is 18.0 Å². The van der Waals surface area contributed by atoms with Crippen LogP contribution in [-0.2, 0) is 19.6 Å². The van der Waals surface area contributed by atoms with Gasteiger partial charge in [0.15, 0.2) is 0 Å². The zero-order valence-electron chi connectivity index (χ0n) is 16.7. The standard InChI is InChI=1S/C20H21Cl2N3O5S/c1-24(13-18(26)23-19-15(21)6-4-7-16(19)22)20(27)14-5-2-3-8-17(14)31(28,29)25-9-11-30-12-10-25/h2-8H,9-13H2,1H3,(H,23,26). The molecule has 0 bridgehead atoms. The van der Waals surface area contributed by atoms with Gasteiger partial charge in [-0.05, 0) is 24.3 Å². The minimum Gasteiger partial charge on any atom is -0.379 e. The van der Waals surface area contributed by atoms with Crippen LogP contribution in [0.15, 0.2) is 47.4 Å². The highest BCUT2D eigenvalue weighted by atomic mass is 35.5. The Morgan fingerprint density at radius 2 is 1.68 bits per heavy atom. The highest BCUT2D eigenvalue weighted by Gasteiger charge is 2.31. The number of hydrogen-bond acceptors (Lipinski definition) is 5. The Balaban J connectivity index is 1.77. The lowest BCUT2D eigenvalue weighted by Crippen LogP contribution is -2.42. The summed E-state index contributed by atoms with van der Waals surface area (Å²) in [5.41, 5.74) is 0.229. The smallest absolute Gasteiger partial charge is 0.255 e. The molecule has 2 amide bonds. The molecule has 8 nitrogen and oxygen atoms in total. The summed E-state index contributed by atoms with van der Waals surface area (Å²) >= 11 is 12.1. The summed E-state index contributed by atoms with van der Waals surface area (Å²) in [4.78, 5) is 26.5. The number of anilines is 1. The number of morpholine rings is 1. The Kier molecular flexibility index (Phi) is 7.55. The lowest BCUT2D eigenvalue weighted by atomic mass is 10.2. The number of carbonyl (C=O) groups is 2. The van der Waals surface area contributed by atoms with E-state index in [0.29, 0.717) is 13.2 Å². The van der Waals surface area contributed by atoms with Crippen molar-refractivity contribution in [1.29, 1.82) is 0 Å². The van der Waals surface area contributed by atoms with Crippen LogP contribution < -0.4 is 5.32 Å². The second-order valence-corrected chi connectivity index (χ2v) is 9.54. The van der Waals surface area contributed by atoms with Gasteiger partial charge < -0.3 is 15.0 Å². The van der Waals surface area contributed by atoms with Gasteiger partial charge in [-0.25, -0.2) is 8.42 Å². The van der Waals surface area contributed by atoms with E-state index in [1.807, 2.05) is 0 Å². The van der Waals surface area contributed by atoms with E-state index in [0.717, 1.165) is 4.90 Å². The van der Waals surface area contributed by atoms with Gasteiger partial charge in [-0.2, -0.15) is 4.31 Å². The lowest BCUT2D eigenvalue weighted by molar-refractivity contribution is -0.116. The molecule has 0 radical (unpaired) electrons. The molecular weight excluding hydrogens is 465 g/mol. The number of carbonyl (C=O) groups excluding carboxylic acids is 2. The molecule has 2 aromatic carbocycles. The molecule has 0 aliphatic carbocycles. The largest absolute Gasteiger partial charge is 0.379 e. The van der Waals surface area contributed by atoms with Gasteiger partial charge in [-0.3, -0.25) is 9.59 Å². The molecule has 1 aliphatic rings. The molecular formula is C20H21Cl2N3O5S. The van der Waals surface area contributed by atoms with Gasteiger partial charge in [0.05, 0.1) is 46.0 Å². The number of halogens is 2. The van der Waals surface area contributed by atoms with Crippen LogP contribution in [0.4, 0.5) is 5.69 Å². The number of sulfonamides is 1. The van der Waals surface area contributed by atoms with Crippen LogP contribution in [-0.4, -0.2) is 69.3 Å². The molecule has 3 rings (SSSR count). The molecule has 0 saturated carbocycles. The average molecular weight is 486 g/mol. The molecule has 1 N–H and O–H groups in total. The van der Waals surface area contributed by atoms with Gasteiger partial charge in [-0.15, -0.1) is 0 Å². The zero-order chi connectivity index (χ0) is 22.6. The fourth-order valence-corrected chi connectivity index (χ4v) is 5.17. The van der Waals surface area contributed by atoms with E-state index in [1.54, 1.807) is 30.3 Å². The van der Waals surface area contributed by atoms with Gasteiger partial charge in [0.2, 0.25) is 15.9 Å². The minimum absolute atomic E-state index is 0.0138. The predicted molar refractivity (Wildman–Crippen MR) is 118 cm³/mol. The summed E-state index contributed by atoms with van der Waals surface area (Å²) in [7, 11) is -2.48. The number of benzene rings is 2. The number of para-hydroxylation sites is 1. The monoisotopic (exact) mass is 485 g/mol. The fraction of sp³-hybridized carbons (Fsp3) is 0.300. The molecule has 0 spiro atoms. The predicted octanol–water partition coefficient (Wildman–Crippen LogP) is 2.73. The first-order valence-corrected chi connectivity index (χ1v) is 11.6. The Hall–Kier alpha value is -2.17. The average Bonchev–Trinajstić information content (AvgIpc) is 2.76. The third kappa shape index (κ3) is 5.36. The molecule has 1 heterocycles. The number of amides is 2. The fourth-order valence-electron chi connectivity index (χ4n) is 3.08. The van der Waals surface area contributed by atoms with Crippen molar-refractivity contribution >= 4 is 50.7 Å². The summed E-state index contributed by atoms with van der Waals surface area (Å²) in [5, 5.41) is 3.10. The Morgan fingerprint density at radius 1 is 1.06 bits per heavy atom. The van der Waals surface area contributed by atoms with E-state index < -0.39 is 21.8 Å². The second-order valence-electron chi connectivity index (χ2n) is 6.82. The molecule has 31 heavy (non-hydrogen) atoms. The molecule has 0 atom stereocenters. The molecule has 1 saturated heterocycles. The van der Waals surface area contributed by atoms with E-state index >= 15 is 0 Å². The Morgan fingerprint density at radius 3 is 2.32 bits per heavy atom. The van der Waals surface area contributed by atoms with Crippen LogP contribution in [0.5, 0.6) is 0 Å². The van der Waals surface area contributed by atoms with Gasteiger partial charge in [0, 0.05) is 20.1 Å². The third-order valence-corrected chi connectivity index (χ3v) is 7.25. The molecule has 2 aromatic rings. The topological polar surface area (TPSA) is 96.0 Å². The van der Waals surface area contributed by atoms with E-state index in [-0.39, 0.29) is 45.8 Å². The van der Waals surface area contributed by atoms with Gasteiger partial charge >= 0.3 is 0 Å². The van der Waals surface area contributed by atoms with Gasteiger partial charge in [-0.1, -0.05) is 41.4 Å². The van der Waals surface area contributed by atoms with Crippen molar-refractivity contribution in [2.24, 2.45) is 0 Å². The first-order valence-electron chi connectivity index (χ1n) is 9.38. The number of nitrogens with zero attached hydrogens (tertiary/aromatic N) is 2. The zero-order valence-corrected chi connectivity index (χ0v) is 19.0. The Labute approximate surface area is 190 Å². The van der Waals surface area contributed by atoms with Crippen LogP contribution in [0.3, 0.4) is 0 Å². The second kappa shape index (κ2) is 9.97. The molecule has 11 heteroatoms. The SMILES string of the molecule is CN(CC(=O)Nc1c(Cl)cccc1Cl)C(=O)c1ccccc1S(=O)(=O)N1CCOCC1. The van der Waals surface area contributed by atoms with E-state index in [4.69, 9.17) is 27.9 Å². The Bertz CT molecular complexity index is 1070. The first kappa shape index (κ1) is 23.5. The maximum atomic E-state index is 13.1. The maximum Gasteiger partial charge on any atom is 0.255 e. The molecule has 0 unspecified atom stereocenters. The van der Waals surface area contributed by atoms with Crippen molar-refractivity contribution in [2.75, 3.05) is 45.2 Å². The quantitative estimate of drug-likeness (QED) is 0.678. The molecule has 0 aromatic heterocycles. The van der Waals surface area contributed by atoms with Crippen LogP contribution in [0.1, 0.15) is 10.4 Å². The van der Waals surface area contributed by atoms with Gasteiger partial charge in [0.1, 0.15) is 0 Å². The number of hydrogen-bond donors (Lipinski definition) is 1. The van der Waals surface area contributed by atoms with E-state index in [1.165, 1.54) is 23.5 Å². The molecule has 1 aliphatic heterocycles. The van der Waals surface area contributed by atoms with Crippen molar-refractivity contribution in [3.8, 4) is 0 Å². The summed E-state index contributed by atoms with van der Waals surface area (Å²) in [6.45, 7) is 0.676. The number of likely N-dealkylation sites (N-methyl/N-ethyl adjacent to an activating group) is 1. The van der Waals surface area contributed by atoms with Crippen molar-refractivity contribution in [3.63, 3.8) is 0 Å². The maximum absolute atomic E-state index is 13.1. The molecule has 1 fully saturated rings. The van der Waals surface area contributed by atoms with Crippen LogP contribution in [0, 0.1) is 0 Å². The normalized spacial score (nSPS) is 14.8. The highest BCUT2D eigenvalue weighted by Crippen LogP contribution is 2.29.